The first-order valence-electron chi connectivity index (χ1n) is 4.32. The first-order valence-corrected chi connectivity index (χ1v) is 4.73. The van der Waals surface area contributed by atoms with Crippen LogP contribution in [0.25, 0.3) is 0 Å². The minimum Gasteiger partial charge on any atom is -0.497 e. The van der Waals surface area contributed by atoms with E-state index in [4.69, 9.17) is 22.2 Å². The van der Waals surface area contributed by atoms with Crippen LogP contribution in [0, 0.1) is 0 Å². The fourth-order valence-corrected chi connectivity index (χ4v) is 1.21. The summed E-state index contributed by atoms with van der Waals surface area (Å²) in [7, 11) is 1.64. The average molecular weight is 211 g/mol. The summed E-state index contributed by atoms with van der Waals surface area (Å²) in [5.41, 5.74) is 3.13. The van der Waals surface area contributed by atoms with Gasteiger partial charge in [0.15, 0.2) is 0 Å². The van der Waals surface area contributed by atoms with E-state index in [1.165, 1.54) is 5.56 Å². The van der Waals surface area contributed by atoms with Crippen LogP contribution in [0.4, 0.5) is 0 Å². The van der Waals surface area contributed by atoms with E-state index < -0.39 is 0 Å². The van der Waals surface area contributed by atoms with Gasteiger partial charge in [0, 0.05) is 6.42 Å². The van der Waals surface area contributed by atoms with Crippen molar-refractivity contribution >= 4 is 17.2 Å². The lowest BCUT2D eigenvalue weighted by atomic mass is 10.1. The number of hydroxylamine groups is 1. The lowest BCUT2D eigenvalue weighted by molar-refractivity contribution is 0.235. The molecule has 1 rings (SSSR count). The molecule has 0 aliphatic rings. The lowest BCUT2D eigenvalue weighted by Gasteiger charge is -2.03. The van der Waals surface area contributed by atoms with E-state index in [9.17, 15) is 0 Å². The average Bonchev–Trinajstić information content (AvgIpc) is 2.26. The van der Waals surface area contributed by atoms with Gasteiger partial charge < -0.3 is 4.74 Å². The minimum atomic E-state index is 0.459. The van der Waals surface area contributed by atoms with Crippen molar-refractivity contribution in [1.82, 2.24) is 5.48 Å². The van der Waals surface area contributed by atoms with Crippen LogP contribution in [-0.4, -0.2) is 17.3 Å². The Balaban J connectivity index is 2.47. The van der Waals surface area contributed by atoms with Crippen LogP contribution in [0.15, 0.2) is 24.3 Å². The van der Waals surface area contributed by atoms with Crippen LogP contribution in [0.2, 0.25) is 0 Å². The van der Waals surface area contributed by atoms with Gasteiger partial charge in [-0.1, -0.05) is 24.4 Å². The number of rotatable bonds is 4. The molecular weight excluding hydrogens is 198 g/mol. The fraction of sp³-hybridized carbons (Fsp3) is 0.300. The van der Waals surface area contributed by atoms with E-state index in [0.29, 0.717) is 11.4 Å². The number of nitrogens with one attached hydrogen (secondary N) is 1. The smallest absolute Gasteiger partial charge is 0.118 e. The molecule has 0 unspecified atom stereocenters. The zero-order valence-corrected chi connectivity index (χ0v) is 8.80. The predicted molar refractivity (Wildman–Crippen MR) is 58.8 cm³/mol. The van der Waals surface area contributed by atoms with Gasteiger partial charge >= 0.3 is 0 Å². The molecule has 1 aromatic carbocycles. The maximum atomic E-state index is 8.48. The molecule has 0 heterocycles. The molecule has 0 aliphatic carbocycles. The van der Waals surface area contributed by atoms with Crippen LogP contribution in [0.5, 0.6) is 5.75 Å². The Morgan fingerprint density at radius 2 is 2.07 bits per heavy atom. The molecule has 76 valence electrons. The highest BCUT2D eigenvalue weighted by atomic mass is 32.1. The molecular formula is C10H13NO2S. The molecule has 0 saturated heterocycles. The van der Waals surface area contributed by atoms with E-state index >= 15 is 0 Å². The summed E-state index contributed by atoms with van der Waals surface area (Å²) in [4.78, 5) is 0.459. The maximum absolute atomic E-state index is 8.48. The van der Waals surface area contributed by atoms with E-state index in [-0.39, 0.29) is 0 Å². The quantitative estimate of drug-likeness (QED) is 0.590. The SMILES string of the molecule is COc1ccc(CCC(=S)NO)cc1. The molecule has 3 nitrogen and oxygen atoms in total. The third-order valence-electron chi connectivity index (χ3n) is 1.92. The van der Waals surface area contributed by atoms with Crippen molar-refractivity contribution in [3.05, 3.63) is 29.8 Å². The Morgan fingerprint density at radius 1 is 1.43 bits per heavy atom. The molecule has 0 aliphatic heterocycles. The van der Waals surface area contributed by atoms with Crippen molar-refractivity contribution in [2.24, 2.45) is 0 Å². The molecule has 0 radical (unpaired) electrons. The summed E-state index contributed by atoms with van der Waals surface area (Å²) in [5, 5.41) is 8.48. The van der Waals surface area contributed by atoms with Crippen LogP contribution in [0.1, 0.15) is 12.0 Å². The van der Waals surface area contributed by atoms with Crippen molar-refractivity contribution in [2.75, 3.05) is 7.11 Å². The fourth-order valence-electron chi connectivity index (χ4n) is 1.11. The Kier molecular flexibility index (Phi) is 4.35. The van der Waals surface area contributed by atoms with Gasteiger partial charge in [-0.3, -0.25) is 10.7 Å². The van der Waals surface area contributed by atoms with Crippen LogP contribution >= 0.6 is 12.2 Å². The molecule has 0 atom stereocenters. The Labute approximate surface area is 88.7 Å². The molecule has 2 N–H and O–H groups in total. The topological polar surface area (TPSA) is 41.5 Å². The summed E-state index contributed by atoms with van der Waals surface area (Å²) in [5.74, 6) is 0.844. The van der Waals surface area contributed by atoms with Gasteiger partial charge in [-0.25, -0.2) is 0 Å². The molecule has 0 fully saturated rings. The third kappa shape index (κ3) is 3.32. The summed E-state index contributed by atoms with van der Waals surface area (Å²) >= 11 is 4.82. The Bertz CT molecular complexity index is 297. The first kappa shape index (κ1) is 10.9. The van der Waals surface area contributed by atoms with Gasteiger partial charge in [0.1, 0.15) is 10.7 Å². The van der Waals surface area contributed by atoms with Crippen LogP contribution in [-0.2, 0) is 6.42 Å². The standard InChI is InChI=1S/C10H13NO2S/c1-13-9-5-2-8(3-6-9)4-7-10(14)11-12/h2-3,5-6,12H,4,7H2,1H3,(H,11,14). The van der Waals surface area contributed by atoms with Crippen molar-refractivity contribution < 1.29 is 9.94 Å². The number of methoxy groups -OCH3 is 1. The number of thiocarbonyl (C=S) groups is 1. The molecule has 1 aromatic rings. The van der Waals surface area contributed by atoms with Crippen LogP contribution < -0.4 is 10.2 Å². The van der Waals surface area contributed by atoms with Gasteiger partial charge in [0.2, 0.25) is 0 Å². The second kappa shape index (κ2) is 5.57. The number of benzene rings is 1. The molecule has 14 heavy (non-hydrogen) atoms. The van der Waals surface area contributed by atoms with E-state index in [0.717, 1.165) is 12.2 Å². The monoisotopic (exact) mass is 211 g/mol. The summed E-state index contributed by atoms with van der Waals surface area (Å²) in [6, 6.07) is 7.78. The number of aryl methyl sites for hydroxylation is 1. The summed E-state index contributed by atoms with van der Waals surface area (Å²) < 4.78 is 5.04. The van der Waals surface area contributed by atoms with Crippen molar-refractivity contribution in [2.45, 2.75) is 12.8 Å². The van der Waals surface area contributed by atoms with Crippen LogP contribution in [0.3, 0.4) is 0 Å². The highest BCUT2D eigenvalue weighted by molar-refractivity contribution is 7.80. The van der Waals surface area contributed by atoms with Gasteiger partial charge in [-0.2, -0.15) is 0 Å². The lowest BCUT2D eigenvalue weighted by Crippen LogP contribution is -2.16. The highest BCUT2D eigenvalue weighted by Crippen LogP contribution is 2.12. The second-order valence-electron chi connectivity index (χ2n) is 2.88. The van der Waals surface area contributed by atoms with Gasteiger partial charge in [-0.05, 0) is 24.1 Å². The Morgan fingerprint density at radius 3 is 2.57 bits per heavy atom. The zero-order valence-electron chi connectivity index (χ0n) is 7.99. The molecule has 0 spiro atoms. The van der Waals surface area contributed by atoms with Gasteiger partial charge in [0.05, 0.1) is 7.11 Å². The van der Waals surface area contributed by atoms with E-state index in [1.54, 1.807) is 7.11 Å². The maximum Gasteiger partial charge on any atom is 0.118 e. The first-order chi connectivity index (χ1) is 6.76. The normalized spacial score (nSPS) is 9.57. The largest absolute Gasteiger partial charge is 0.497 e. The Hall–Kier alpha value is -1.13. The molecule has 0 aromatic heterocycles. The third-order valence-corrected chi connectivity index (χ3v) is 2.22. The van der Waals surface area contributed by atoms with Gasteiger partial charge in [0.25, 0.3) is 0 Å². The van der Waals surface area contributed by atoms with E-state index in [2.05, 4.69) is 0 Å². The predicted octanol–water partition coefficient (Wildman–Crippen LogP) is 1.93. The number of hydrogen-bond acceptors (Lipinski definition) is 3. The van der Waals surface area contributed by atoms with E-state index in [1.807, 2.05) is 29.7 Å². The summed E-state index contributed by atoms with van der Waals surface area (Å²) in [6.07, 6.45) is 1.47. The van der Waals surface area contributed by atoms with Gasteiger partial charge in [-0.15, -0.1) is 0 Å². The minimum absolute atomic E-state index is 0.459. The number of ether oxygens (including phenoxy) is 1. The molecule has 0 bridgehead atoms. The molecule has 0 amide bonds. The summed E-state index contributed by atoms with van der Waals surface area (Å²) in [6.45, 7) is 0. The molecule has 0 saturated carbocycles. The van der Waals surface area contributed by atoms with Crippen molar-refractivity contribution in [3.63, 3.8) is 0 Å². The zero-order chi connectivity index (χ0) is 10.4. The second-order valence-corrected chi connectivity index (χ2v) is 3.38. The highest BCUT2D eigenvalue weighted by Gasteiger charge is 1.97. The van der Waals surface area contributed by atoms with Crippen molar-refractivity contribution in [3.8, 4) is 5.75 Å². The number of hydrogen-bond donors (Lipinski definition) is 2. The molecule has 4 heteroatoms. The van der Waals surface area contributed by atoms with Crippen molar-refractivity contribution in [1.29, 1.82) is 0 Å².